The molecule has 112 valence electrons. The number of benzene rings is 2. The summed E-state index contributed by atoms with van der Waals surface area (Å²) in [5, 5.41) is 0. The molecule has 3 aromatic rings. The topological polar surface area (TPSA) is 14.2 Å². The summed E-state index contributed by atoms with van der Waals surface area (Å²) in [4.78, 5) is 1.28. The number of ether oxygens (including phenoxy) is 1. The van der Waals surface area contributed by atoms with Crippen LogP contribution in [0.4, 0.5) is 0 Å². The van der Waals surface area contributed by atoms with Gasteiger partial charge in [0.05, 0.1) is 12.8 Å². The predicted octanol–water partition coefficient (Wildman–Crippen LogP) is 5.18. The Morgan fingerprint density at radius 2 is 1.73 bits per heavy atom. The zero-order chi connectivity index (χ0) is 15.5. The Bertz CT molecular complexity index is 774. The van der Waals surface area contributed by atoms with Gasteiger partial charge in [0.1, 0.15) is 5.75 Å². The zero-order valence-electron chi connectivity index (χ0n) is 13.0. The number of rotatable bonds is 4. The lowest BCUT2D eigenvalue weighted by molar-refractivity contribution is 0.414. The Kier molecular flexibility index (Phi) is 4.25. The lowest BCUT2D eigenvalue weighted by Gasteiger charge is -2.13. The highest BCUT2D eigenvalue weighted by Gasteiger charge is 2.10. The summed E-state index contributed by atoms with van der Waals surface area (Å²) in [6, 6.07) is 21.2. The summed E-state index contributed by atoms with van der Waals surface area (Å²) in [6.07, 6.45) is 2.10. The summed E-state index contributed by atoms with van der Waals surface area (Å²) < 4.78 is 7.61. The second kappa shape index (κ2) is 6.32. The number of hydrogen-bond acceptors (Lipinski definition) is 2. The van der Waals surface area contributed by atoms with Crippen LogP contribution in [0.2, 0.25) is 0 Å². The van der Waals surface area contributed by atoms with Gasteiger partial charge in [-0.05, 0) is 55.1 Å². The van der Waals surface area contributed by atoms with Gasteiger partial charge in [-0.15, -0.1) is 11.8 Å². The lowest BCUT2D eigenvalue weighted by atomic mass is 10.1. The van der Waals surface area contributed by atoms with Gasteiger partial charge in [0.15, 0.2) is 0 Å². The van der Waals surface area contributed by atoms with E-state index in [9.17, 15) is 0 Å². The summed E-state index contributed by atoms with van der Waals surface area (Å²) in [5.41, 5.74) is 4.73. The van der Waals surface area contributed by atoms with E-state index in [2.05, 4.69) is 66.3 Å². The number of aromatic nitrogens is 1. The van der Waals surface area contributed by atoms with Crippen molar-refractivity contribution in [1.82, 2.24) is 4.57 Å². The highest BCUT2D eigenvalue weighted by molar-refractivity contribution is 7.98. The maximum absolute atomic E-state index is 5.35. The molecule has 0 aliphatic rings. The third-order valence-electron chi connectivity index (χ3n) is 3.77. The summed E-state index contributed by atoms with van der Waals surface area (Å²) in [7, 11) is 1.70. The molecule has 0 atom stereocenters. The number of hydrogen-bond donors (Lipinski definition) is 0. The van der Waals surface area contributed by atoms with E-state index < -0.39 is 0 Å². The van der Waals surface area contributed by atoms with Gasteiger partial charge in [0, 0.05) is 22.3 Å². The molecule has 0 aliphatic carbocycles. The Morgan fingerprint density at radius 3 is 2.41 bits per heavy atom. The summed E-state index contributed by atoms with van der Waals surface area (Å²) >= 11 is 1.76. The van der Waals surface area contributed by atoms with E-state index in [0.717, 1.165) is 11.4 Å². The number of nitrogens with zero attached hydrogens (tertiary/aromatic N) is 1. The van der Waals surface area contributed by atoms with Gasteiger partial charge in [-0.25, -0.2) is 0 Å². The van der Waals surface area contributed by atoms with Crippen LogP contribution in [0.5, 0.6) is 5.75 Å². The molecule has 0 radical (unpaired) electrons. The molecule has 0 saturated carbocycles. The SMILES string of the molecule is COc1cccc(-n2c(C)ccc2-c2ccc(SC)cc2)c1. The van der Waals surface area contributed by atoms with Crippen molar-refractivity contribution in [3.05, 3.63) is 66.4 Å². The first kappa shape index (κ1) is 14.8. The van der Waals surface area contributed by atoms with Crippen molar-refractivity contribution in [2.24, 2.45) is 0 Å². The molecule has 0 fully saturated rings. The molecule has 0 unspecified atom stereocenters. The molecule has 22 heavy (non-hydrogen) atoms. The van der Waals surface area contributed by atoms with E-state index >= 15 is 0 Å². The number of methoxy groups -OCH3 is 1. The molecular formula is C19H19NOS. The third kappa shape index (κ3) is 2.77. The van der Waals surface area contributed by atoms with Crippen LogP contribution in [-0.2, 0) is 0 Å². The van der Waals surface area contributed by atoms with Crippen LogP contribution in [0.25, 0.3) is 16.9 Å². The Labute approximate surface area is 135 Å². The van der Waals surface area contributed by atoms with Crippen LogP contribution in [0.1, 0.15) is 5.69 Å². The summed E-state index contributed by atoms with van der Waals surface area (Å²) in [5.74, 6) is 0.870. The first-order valence-corrected chi connectivity index (χ1v) is 8.42. The summed E-state index contributed by atoms with van der Waals surface area (Å²) in [6.45, 7) is 2.12. The fourth-order valence-electron chi connectivity index (χ4n) is 2.62. The number of aryl methyl sites for hydroxylation is 1. The van der Waals surface area contributed by atoms with Crippen LogP contribution < -0.4 is 4.74 Å². The van der Waals surface area contributed by atoms with E-state index in [4.69, 9.17) is 4.74 Å². The van der Waals surface area contributed by atoms with Crippen LogP contribution in [0, 0.1) is 6.92 Å². The maximum Gasteiger partial charge on any atom is 0.120 e. The lowest BCUT2D eigenvalue weighted by Crippen LogP contribution is -1.99. The minimum Gasteiger partial charge on any atom is -0.497 e. The van der Waals surface area contributed by atoms with E-state index in [-0.39, 0.29) is 0 Å². The highest BCUT2D eigenvalue weighted by Crippen LogP contribution is 2.29. The molecule has 1 aromatic heterocycles. The smallest absolute Gasteiger partial charge is 0.120 e. The molecule has 0 amide bonds. The van der Waals surface area contributed by atoms with E-state index in [0.29, 0.717) is 0 Å². The molecule has 0 N–H and O–H groups in total. The van der Waals surface area contributed by atoms with Gasteiger partial charge < -0.3 is 9.30 Å². The van der Waals surface area contributed by atoms with Crippen molar-refractivity contribution in [2.45, 2.75) is 11.8 Å². The highest BCUT2D eigenvalue weighted by atomic mass is 32.2. The second-order valence-electron chi connectivity index (χ2n) is 5.13. The molecule has 3 rings (SSSR count). The van der Waals surface area contributed by atoms with Gasteiger partial charge in [-0.2, -0.15) is 0 Å². The second-order valence-corrected chi connectivity index (χ2v) is 6.00. The largest absolute Gasteiger partial charge is 0.497 e. The molecular weight excluding hydrogens is 290 g/mol. The van der Waals surface area contributed by atoms with Crippen molar-refractivity contribution in [3.63, 3.8) is 0 Å². The molecule has 2 nitrogen and oxygen atoms in total. The first-order chi connectivity index (χ1) is 10.7. The monoisotopic (exact) mass is 309 g/mol. The van der Waals surface area contributed by atoms with Crippen molar-refractivity contribution in [3.8, 4) is 22.7 Å². The predicted molar refractivity (Wildman–Crippen MR) is 94.3 cm³/mol. The minimum absolute atomic E-state index is 0.870. The molecule has 1 heterocycles. The minimum atomic E-state index is 0.870. The molecule has 0 saturated heterocycles. The van der Waals surface area contributed by atoms with Gasteiger partial charge in [-0.3, -0.25) is 0 Å². The van der Waals surface area contributed by atoms with E-state index in [1.54, 1.807) is 18.9 Å². The zero-order valence-corrected chi connectivity index (χ0v) is 13.9. The average molecular weight is 309 g/mol. The average Bonchev–Trinajstić information content (AvgIpc) is 2.96. The van der Waals surface area contributed by atoms with Crippen LogP contribution in [-0.4, -0.2) is 17.9 Å². The fourth-order valence-corrected chi connectivity index (χ4v) is 3.03. The van der Waals surface area contributed by atoms with Gasteiger partial charge in [-0.1, -0.05) is 18.2 Å². The first-order valence-electron chi connectivity index (χ1n) is 7.20. The van der Waals surface area contributed by atoms with Crippen LogP contribution in [0.3, 0.4) is 0 Å². The van der Waals surface area contributed by atoms with Crippen molar-refractivity contribution >= 4 is 11.8 Å². The van der Waals surface area contributed by atoms with Crippen molar-refractivity contribution < 1.29 is 4.74 Å². The van der Waals surface area contributed by atoms with Crippen LogP contribution in [0.15, 0.2) is 65.6 Å². The fraction of sp³-hybridized carbons (Fsp3) is 0.158. The maximum atomic E-state index is 5.35. The standard InChI is InChI=1S/C19H19NOS/c1-14-7-12-19(15-8-10-18(22-3)11-9-15)20(14)16-5-4-6-17(13-16)21-2/h4-13H,1-3H3. The van der Waals surface area contributed by atoms with Gasteiger partial charge >= 0.3 is 0 Å². The van der Waals surface area contributed by atoms with Gasteiger partial charge in [0.2, 0.25) is 0 Å². The third-order valence-corrected chi connectivity index (χ3v) is 4.52. The van der Waals surface area contributed by atoms with Crippen LogP contribution >= 0.6 is 11.8 Å². The van der Waals surface area contributed by atoms with Crippen molar-refractivity contribution in [2.75, 3.05) is 13.4 Å². The quantitative estimate of drug-likeness (QED) is 0.616. The van der Waals surface area contributed by atoms with E-state index in [1.807, 2.05) is 12.1 Å². The Hall–Kier alpha value is -2.13. The van der Waals surface area contributed by atoms with Gasteiger partial charge in [0.25, 0.3) is 0 Å². The normalized spacial score (nSPS) is 10.7. The molecule has 0 spiro atoms. The molecule has 3 heteroatoms. The Morgan fingerprint density at radius 1 is 0.955 bits per heavy atom. The molecule has 2 aromatic carbocycles. The molecule has 0 bridgehead atoms. The van der Waals surface area contributed by atoms with Crippen molar-refractivity contribution in [1.29, 1.82) is 0 Å². The van der Waals surface area contributed by atoms with E-state index in [1.165, 1.54) is 21.8 Å². The number of thioether (sulfide) groups is 1. The molecule has 0 aliphatic heterocycles. The Balaban J connectivity index is 2.10.